The summed E-state index contributed by atoms with van der Waals surface area (Å²) in [5.41, 5.74) is 1.66. The third-order valence-electron chi connectivity index (χ3n) is 2.18. The van der Waals surface area contributed by atoms with Gasteiger partial charge in [0, 0.05) is 11.3 Å². The van der Waals surface area contributed by atoms with Crippen molar-refractivity contribution < 1.29 is 9.90 Å². The molecule has 1 heterocycles. The van der Waals surface area contributed by atoms with Crippen molar-refractivity contribution in [3.8, 4) is 0 Å². The molecule has 0 bridgehead atoms. The molecule has 0 fully saturated rings. The quantitative estimate of drug-likeness (QED) is 0.721. The first kappa shape index (κ1) is 10.4. The maximum Gasteiger partial charge on any atom is 0.273 e. The van der Waals surface area contributed by atoms with Crippen LogP contribution in [0.3, 0.4) is 0 Å². The van der Waals surface area contributed by atoms with Gasteiger partial charge in [-0.15, -0.1) is 0 Å². The van der Waals surface area contributed by atoms with Crippen molar-refractivity contribution in [2.45, 2.75) is 6.61 Å². The Labute approximate surface area is 92.2 Å². The zero-order valence-electron chi connectivity index (χ0n) is 8.47. The number of hydrogen-bond donors (Lipinski definition) is 3. The monoisotopic (exact) mass is 217 g/mol. The second kappa shape index (κ2) is 4.59. The van der Waals surface area contributed by atoms with Crippen LogP contribution >= 0.6 is 0 Å². The number of nitrogens with one attached hydrogen (secondary N) is 2. The second-order valence-electron chi connectivity index (χ2n) is 3.23. The zero-order chi connectivity index (χ0) is 11.4. The predicted molar refractivity (Wildman–Crippen MR) is 58.9 cm³/mol. The lowest BCUT2D eigenvalue weighted by atomic mass is 10.2. The van der Waals surface area contributed by atoms with Crippen LogP contribution in [0.5, 0.6) is 0 Å². The molecular formula is C11H11N3O2. The summed E-state index contributed by atoms with van der Waals surface area (Å²) in [6, 6.07) is 7.08. The number of aromatic amines is 1. The lowest BCUT2D eigenvalue weighted by molar-refractivity contribution is 0.102. The molecule has 0 aliphatic heterocycles. The summed E-state index contributed by atoms with van der Waals surface area (Å²) in [5.74, 6) is -0.279. The lowest BCUT2D eigenvalue weighted by Gasteiger charge is -2.07. The normalized spacial score (nSPS) is 10.1. The topological polar surface area (TPSA) is 78.0 Å². The van der Waals surface area contributed by atoms with Crippen molar-refractivity contribution in [2.24, 2.45) is 0 Å². The molecule has 0 unspecified atom stereocenters. The highest BCUT2D eigenvalue weighted by Crippen LogP contribution is 2.15. The number of para-hydroxylation sites is 1. The van der Waals surface area contributed by atoms with E-state index in [1.54, 1.807) is 24.3 Å². The van der Waals surface area contributed by atoms with Gasteiger partial charge < -0.3 is 15.4 Å². The van der Waals surface area contributed by atoms with Gasteiger partial charge in [-0.25, -0.2) is 4.98 Å². The molecule has 2 rings (SSSR count). The van der Waals surface area contributed by atoms with Gasteiger partial charge in [0.15, 0.2) is 0 Å². The van der Waals surface area contributed by atoms with Gasteiger partial charge in [0.05, 0.1) is 19.1 Å². The van der Waals surface area contributed by atoms with Gasteiger partial charge in [0.25, 0.3) is 5.91 Å². The molecule has 0 saturated carbocycles. The van der Waals surface area contributed by atoms with Crippen molar-refractivity contribution >= 4 is 11.6 Å². The number of carbonyl (C=O) groups is 1. The Kier molecular flexibility index (Phi) is 2.98. The fraction of sp³-hybridized carbons (Fsp3) is 0.0909. The molecule has 0 spiro atoms. The molecule has 0 radical (unpaired) electrons. The minimum absolute atomic E-state index is 0.112. The summed E-state index contributed by atoms with van der Waals surface area (Å²) >= 11 is 0. The number of rotatable bonds is 3. The highest BCUT2D eigenvalue weighted by molar-refractivity contribution is 6.03. The molecular weight excluding hydrogens is 206 g/mol. The van der Waals surface area contributed by atoms with Crippen LogP contribution in [-0.2, 0) is 6.61 Å². The number of nitrogens with zero attached hydrogens (tertiary/aromatic N) is 1. The number of carbonyl (C=O) groups excluding carboxylic acids is 1. The third-order valence-corrected chi connectivity index (χ3v) is 2.18. The second-order valence-corrected chi connectivity index (χ2v) is 3.23. The Balaban J connectivity index is 2.18. The highest BCUT2D eigenvalue weighted by atomic mass is 16.3. The van der Waals surface area contributed by atoms with Crippen LogP contribution in [0.2, 0.25) is 0 Å². The summed E-state index contributed by atoms with van der Waals surface area (Å²) in [7, 11) is 0. The van der Waals surface area contributed by atoms with E-state index >= 15 is 0 Å². The molecule has 82 valence electrons. The molecule has 16 heavy (non-hydrogen) atoms. The van der Waals surface area contributed by atoms with Crippen molar-refractivity contribution in [3.05, 3.63) is 48.0 Å². The number of anilines is 1. The Bertz CT molecular complexity index is 480. The molecule has 0 aliphatic rings. The Morgan fingerprint density at radius 3 is 2.94 bits per heavy atom. The maximum absolute atomic E-state index is 11.7. The van der Waals surface area contributed by atoms with E-state index in [0.717, 1.165) is 0 Å². The molecule has 5 nitrogen and oxygen atoms in total. The maximum atomic E-state index is 11.7. The minimum Gasteiger partial charge on any atom is -0.392 e. The largest absolute Gasteiger partial charge is 0.392 e. The fourth-order valence-corrected chi connectivity index (χ4v) is 1.35. The standard InChI is InChI=1S/C11H11N3O2/c15-6-8-3-1-2-4-9(8)14-11(16)10-5-12-7-13-10/h1-5,7,15H,6H2,(H,12,13)(H,14,16). The number of aromatic nitrogens is 2. The molecule has 0 aliphatic carbocycles. The average Bonchev–Trinajstić information content (AvgIpc) is 2.83. The third kappa shape index (κ3) is 2.09. The van der Waals surface area contributed by atoms with E-state index in [1.165, 1.54) is 12.5 Å². The highest BCUT2D eigenvalue weighted by Gasteiger charge is 2.08. The van der Waals surface area contributed by atoms with Gasteiger partial charge in [-0.1, -0.05) is 18.2 Å². The molecule has 0 atom stereocenters. The van der Waals surface area contributed by atoms with Gasteiger partial charge in [0.1, 0.15) is 5.69 Å². The van der Waals surface area contributed by atoms with Crippen molar-refractivity contribution in [2.75, 3.05) is 5.32 Å². The summed E-state index contributed by atoms with van der Waals surface area (Å²) in [4.78, 5) is 18.2. The van der Waals surface area contributed by atoms with E-state index in [2.05, 4.69) is 15.3 Å². The van der Waals surface area contributed by atoms with Gasteiger partial charge in [-0.05, 0) is 6.07 Å². The van der Waals surface area contributed by atoms with Crippen molar-refractivity contribution in [1.82, 2.24) is 9.97 Å². The van der Waals surface area contributed by atoms with Crippen molar-refractivity contribution in [3.63, 3.8) is 0 Å². The number of imidazole rings is 1. The average molecular weight is 217 g/mol. The SMILES string of the molecule is O=C(Nc1ccccc1CO)c1cnc[nH]1. The smallest absolute Gasteiger partial charge is 0.273 e. The van der Waals surface area contributed by atoms with Crippen LogP contribution < -0.4 is 5.32 Å². The van der Waals surface area contributed by atoms with E-state index in [-0.39, 0.29) is 12.5 Å². The van der Waals surface area contributed by atoms with Crippen LogP contribution in [0.1, 0.15) is 16.1 Å². The first-order valence-corrected chi connectivity index (χ1v) is 4.80. The zero-order valence-corrected chi connectivity index (χ0v) is 8.47. The number of amides is 1. The molecule has 0 saturated heterocycles. The molecule has 1 amide bonds. The van der Waals surface area contributed by atoms with Gasteiger partial charge in [-0.2, -0.15) is 0 Å². The molecule has 2 aromatic rings. The van der Waals surface area contributed by atoms with Crippen LogP contribution in [0, 0.1) is 0 Å². The lowest BCUT2D eigenvalue weighted by Crippen LogP contribution is -2.13. The van der Waals surface area contributed by atoms with Gasteiger partial charge in [0.2, 0.25) is 0 Å². The van der Waals surface area contributed by atoms with E-state index in [9.17, 15) is 4.79 Å². The predicted octanol–water partition coefficient (Wildman–Crippen LogP) is 1.15. The summed E-state index contributed by atoms with van der Waals surface area (Å²) in [5, 5.41) is 11.8. The fourth-order valence-electron chi connectivity index (χ4n) is 1.35. The summed E-state index contributed by atoms with van der Waals surface area (Å²) in [6.45, 7) is -0.112. The number of H-pyrrole nitrogens is 1. The molecule has 1 aromatic carbocycles. The van der Waals surface area contributed by atoms with Crippen LogP contribution in [0.4, 0.5) is 5.69 Å². The van der Waals surface area contributed by atoms with E-state index < -0.39 is 0 Å². The number of hydrogen-bond acceptors (Lipinski definition) is 3. The Morgan fingerprint density at radius 1 is 1.44 bits per heavy atom. The number of aliphatic hydroxyl groups excluding tert-OH is 1. The van der Waals surface area contributed by atoms with Gasteiger partial charge in [-0.3, -0.25) is 4.79 Å². The molecule has 5 heteroatoms. The number of benzene rings is 1. The summed E-state index contributed by atoms with van der Waals surface area (Å²) in [6.07, 6.45) is 2.88. The molecule has 3 N–H and O–H groups in total. The van der Waals surface area contributed by atoms with E-state index in [4.69, 9.17) is 5.11 Å². The Morgan fingerprint density at radius 2 is 2.25 bits per heavy atom. The van der Waals surface area contributed by atoms with E-state index in [1.807, 2.05) is 0 Å². The number of aliphatic hydroxyl groups is 1. The molecule has 1 aromatic heterocycles. The van der Waals surface area contributed by atoms with E-state index in [0.29, 0.717) is 16.9 Å². The van der Waals surface area contributed by atoms with Crippen LogP contribution in [0.15, 0.2) is 36.8 Å². The van der Waals surface area contributed by atoms with Gasteiger partial charge >= 0.3 is 0 Å². The summed E-state index contributed by atoms with van der Waals surface area (Å²) < 4.78 is 0. The van der Waals surface area contributed by atoms with Crippen LogP contribution in [0.25, 0.3) is 0 Å². The first-order chi connectivity index (χ1) is 7.81. The van der Waals surface area contributed by atoms with Crippen molar-refractivity contribution in [1.29, 1.82) is 0 Å². The minimum atomic E-state index is -0.279. The Hall–Kier alpha value is -2.14. The first-order valence-electron chi connectivity index (χ1n) is 4.80. The van der Waals surface area contributed by atoms with Crippen LogP contribution in [-0.4, -0.2) is 21.0 Å².